The minimum atomic E-state index is -0.912. The van der Waals surface area contributed by atoms with E-state index in [1.165, 1.54) is 11.2 Å². The largest absolute Gasteiger partial charge is 0.477 e. The van der Waals surface area contributed by atoms with Crippen molar-refractivity contribution in [3.05, 3.63) is 17.6 Å². The zero-order chi connectivity index (χ0) is 12.3. The molecule has 0 saturated carbocycles. The molecule has 1 aromatic heterocycles. The predicted molar refractivity (Wildman–Crippen MR) is 60.0 cm³/mol. The lowest BCUT2D eigenvalue weighted by molar-refractivity contribution is 0.138. The highest BCUT2D eigenvalue weighted by atomic mass is 16.5. The standard InChI is InChI=1S/C11H15N3O3/c1-2-5-17-10-8-3-4-14(11(15)16)6-9(8)12-7-13-10/h7H,2-6H2,1H3,(H,15,16). The Bertz CT molecular complexity index is 422. The van der Waals surface area contributed by atoms with Crippen LogP contribution >= 0.6 is 0 Å². The third-order valence-corrected chi connectivity index (χ3v) is 2.68. The summed E-state index contributed by atoms with van der Waals surface area (Å²) in [6, 6.07) is 0. The van der Waals surface area contributed by atoms with Gasteiger partial charge in [-0.25, -0.2) is 14.8 Å². The Morgan fingerprint density at radius 2 is 2.41 bits per heavy atom. The molecule has 1 amide bonds. The van der Waals surface area contributed by atoms with Crippen LogP contribution in [0.4, 0.5) is 4.79 Å². The summed E-state index contributed by atoms with van der Waals surface area (Å²) in [5.74, 6) is 0.599. The van der Waals surface area contributed by atoms with Crippen molar-refractivity contribution in [2.45, 2.75) is 26.3 Å². The smallest absolute Gasteiger partial charge is 0.407 e. The van der Waals surface area contributed by atoms with Crippen molar-refractivity contribution in [3.63, 3.8) is 0 Å². The van der Waals surface area contributed by atoms with Gasteiger partial charge < -0.3 is 14.7 Å². The van der Waals surface area contributed by atoms with Gasteiger partial charge in [-0.05, 0) is 12.8 Å². The van der Waals surface area contributed by atoms with Crippen LogP contribution in [0.2, 0.25) is 0 Å². The van der Waals surface area contributed by atoms with Crippen LogP contribution in [-0.4, -0.2) is 39.2 Å². The van der Waals surface area contributed by atoms with Gasteiger partial charge in [-0.15, -0.1) is 0 Å². The van der Waals surface area contributed by atoms with Crippen molar-refractivity contribution in [1.29, 1.82) is 0 Å². The fraction of sp³-hybridized carbons (Fsp3) is 0.545. The molecule has 0 atom stereocenters. The molecule has 0 unspecified atom stereocenters. The summed E-state index contributed by atoms with van der Waals surface area (Å²) in [6.45, 7) is 3.43. The molecule has 2 rings (SSSR count). The van der Waals surface area contributed by atoms with E-state index in [4.69, 9.17) is 9.84 Å². The van der Waals surface area contributed by atoms with E-state index in [1.54, 1.807) is 0 Å². The van der Waals surface area contributed by atoms with Gasteiger partial charge in [-0.1, -0.05) is 6.92 Å². The molecule has 17 heavy (non-hydrogen) atoms. The van der Waals surface area contributed by atoms with E-state index in [1.807, 2.05) is 6.92 Å². The highest BCUT2D eigenvalue weighted by Gasteiger charge is 2.24. The van der Waals surface area contributed by atoms with E-state index in [9.17, 15) is 4.79 Å². The predicted octanol–water partition coefficient (Wildman–Crippen LogP) is 1.30. The molecule has 1 aromatic rings. The fourth-order valence-electron chi connectivity index (χ4n) is 1.81. The molecule has 0 bridgehead atoms. The van der Waals surface area contributed by atoms with Crippen molar-refractivity contribution in [3.8, 4) is 5.88 Å². The van der Waals surface area contributed by atoms with Crippen LogP contribution in [0.1, 0.15) is 24.6 Å². The third kappa shape index (κ3) is 2.46. The monoisotopic (exact) mass is 237 g/mol. The first kappa shape index (κ1) is 11.6. The van der Waals surface area contributed by atoms with Gasteiger partial charge in [0, 0.05) is 12.1 Å². The minimum absolute atomic E-state index is 0.315. The first-order valence-corrected chi connectivity index (χ1v) is 5.65. The molecule has 1 aliphatic rings. The Hall–Kier alpha value is -1.85. The highest BCUT2D eigenvalue weighted by Crippen LogP contribution is 2.24. The van der Waals surface area contributed by atoms with Crippen LogP contribution in [0.25, 0.3) is 0 Å². The van der Waals surface area contributed by atoms with Crippen molar-refractivity contribution < 1.29 is 14.6 Å². The second-order valence-electron chi connectivity index (χ2n) is 3.91. The lowest BCUT2D eigenvalue weighted by Gasteiger charge is -2.26. The van der Waals surface area contributed by atoms with E-state index in [2.05, 4.69) is 9.97 Å². The zero-order valence-corrected chi connectivity index (χ0v) is 9.72. The molecular weight excluding hydrogens is 222 g/mol. The fourth-order valence-corrected chi connectivity index (χ4v) is 1.81. The third-order valence-electron chi connectivity index (χ3n) is 2.68. The van der Waals surface area contributed by atoms with Crippen LogP contribution in [0, 0.1) is 0 Å². The average Bonchev–Trinajstić information content (AvgIpc) is 2.35. The Kier molecular flexibility index (Phi) is 3.41. The molecule has 0 fully saturated rings. The molecule has 0 saturated heterocycles. The number of hydrogen-bond donors (Lipinski definition) is 1. The number of amides is 1. The number of aromatic nitrogens is 2. The number of carbonyl (C=O) groups is 1. The lowest BCUT2D eigenvalue weighted by atomic mass is 10.1. The number of carboxylic acid groups (broad SMARTS) is 1. The molecule has 0 radical (unpaired) electrons. The van der Waals surface area contributed by atoms with Gasteiger partial charge in [0.1, 0.15) is 6.33 Å². The Labute approximate surface area is 99.2 Å². The minimum Gasteiger partial charge on any atom is -0.477 e. The van der Waals surface area contributed by atoms with Gasteiger partial charge in [0.15, 0.2) is 0 Å². The van der Waals surface area contributed by atoms with E-state index in [0.29, 0.717) is 32.0 Å². The summed E-state index contributed by atoms with van der Waals surface area (Å²) in [5.41, 5.74) is 1.69. The zero-order valence-electron chi connectivity index (χ0n) is 9.72. The maximum atomic E-state index is 10.9. The number of hydrogen-bond acceptors (Lipinski definition) is 4. The Morgan fingerprint density at radius 3 is 3.12 bits per heavy atom. The first-order chi connectivity index (χ1) is 8.22. The van der Waals surface area contributed by atoms with Gasteiger partial charge in [-0.3, -0.25) is 0 Å². The highest BCUT2D eigenvalue weighted by molar-refractivity contribution is 5.65. The lowest BCUT2D eigenvalue weighted by Crippen LogP contribution is -2.35. The second kappa shape index (κ2) is 4.99. The molecule has 92 valence electrons. The SMILES string of the molecule is CCCOc1ncnc2c1CCN(C(=O)O)C2. The van der Waals surface area contributed by atoms with Crippen molar-refractivity contribution in [2.24, 2.45) is 0 Å². The van der Waals surface area contributed by atoms with Crippen molar-refractivity contribution in [2.75, 3.05) is 13.2 Å². The molecule has 0 aliphatic carbocycles. The van der Waals surface area contributed by atoms with Gasteiger partial charge >= 0.3 is 6.09 Å². The van der Waals surface area contributed by atoms with E-state index in [0.717, 1.165) is 17.7 Å². The van der Waals surface area contributed by atoms with Gasteiger partial charge in [0.25, 0.3) is 0 Å². The molecule has 1 N–H and O–H groups in total. The van der Waals surface area contributed by atoms with E-state index in [-0.39, 0.29) is 0 Å². The van der Waals surface area contributed by atoms with Crippen LogP contribution < -0.4 is 4.74 Å². The summed E-state index contributed by atoms with van der Waals surface area (Å²) in [4.78, 5) is 20.4. The summed E-state index contributed by atoms with van der Waals surface area (Å²) in [5, 5.41) is 8.93. The maximum absolute atomic E-state index is 10.9. The Balaban J connectivity index is 2.19. The summed E-state index contributed by atoms with van der Waals surface area (Å²) >= 11 is 0. The normalized spacial score (nSPS) is 14.3. The number of rotatable bonds is 3. The molecule has 1 aliphatic heterocycles. The van der Waals surface area contributed by atoms with E-state index >= 15 is 0 Å². The average molecular weight is 237 g/mol. The molecular formula is C11H15N3O3. The topological polar surface area (TPSA) is 75.6 Å². The number of fused-ring (bicyclic) bond motifs is 1. The first-order valence-electron chi connectivity index (χ1n) is 5.65. The maximum Gasteiger partial charge on any atom is 0.407 e. The van der Waals surface area contributed by atoms with Crippen LogP contribution in [0.15, 0.2) is 6.33 Å². The molecule has 0 spiro atoms. The van der Waals surface area contributed by atoms with E-state index < -0.39 is 6.09 Å². The van der Waals surface area contributed by atoms with Gasteiger partial charge in [-0.2, -0.15) is 0 Å². The summed E-state index contributed by atoms with van der Waals surface area (Å²) in [7, 11) is 0. The van der Waals surface area contributed by atoms with Gasteiger partial charge in [0.05, 0.1) is 18.8 Å². The summed E-state index contributed by atoms with van der Waals surface area (Å²) < 4.78 is 5.53. The number of nitrogens with zero attached hydrogens (tertiary/aromatic N) is 3. The van der Waals surface area contributed by atoms with Crippen molar-refractivity contribution in [1.82, 2.24) is 14.9 Å². The summed E-state index contributed by atoms with van der Waals surface area (Å²) in [6.07, 6.45) is 2.04. The van der Waals surface area contributed by atoms with Crippen LogP contribution in [0.5, 0.6) is 5.88 Å². The van der Waals surface area contributed by atoms with Gasteiger partial charge in [0.2, 0.25) is 5.88 Å². The van der Waals surface area contributed by atoms with Crippen LogP contribution in [0.3, 0.4) is 0 Å². The number of ether oxygens (including phenoxy) is 1. The molecule has 6 heteroatoms. The van der Waals surface area contributed by atoms with Crippen molar-refractivity contribution >= 4 is 6.09 Å². The molecule has 0 aromatic carbocycles. The second-order valence-corrected chi connectivity index (χ2v) is 3.91. The Morgan fingerprint density at radius 1 is 1.59 bits per heavy atom. The molecule has 2 heterocycles. The van der Waals surface area contributed by atoms with Crippen LogP contribution in [-0.2, 0) is 13.0 Å². The quantitative estimate of drug-likeness (QED) is 0.857. The molecule has 6 nitrogen and oxygen atoms in total.